The van der Waals surface area contributed by atoms with E-state index in [9.17, 15) is 14.4 Å². The molecule has 5 nitrogen and oxygen atoms in total. The van der Waals surface area contributed by atoms with E-state index in [1.54, 1.807) is 19.9 Å². The fourth-order valence-electron chi connectivity index (χ4n) is 1.92. The molecule has 0 spiro atoms. The van der Waals surface area contributed by atoms with Crippen LogP contribution in [0.5, 0.6) is 0 Å². The summed E-state index contributed by atoms with van der Waals surface area (Å²) in [4.78, 5) is 35.5. The van der Waals surface area contributed by atoms with Crippen LogP contribution >= 0.6 is 0 Å². The molecule has 0 atom stereocenters. The van der Waals surface area contributed by atoms with Gasteiger partial charge in [0, 0.05) is 6.42 Å². The first kappa shape index (κ1) is 19.4. The Morgan fingerprint density at radius 1 is 1.00 bits per heavy atom. The molecule has 0 amide bonds. The summed E-state index contributed by atoms with van der Waals surface area (Å²) in [5.74, 6) is -2.54. The van der Waals surface area contributed by atoms with Crippen molar-refractivity contribution >= 4 is 17.7 Å². The first-order valence-corrected chi connectivity index (χ1v) is 7.49. The number of Topliss-reactive ketones (excluding diaryl/α,β-unsaturated/α-hetero) is 1. The summed E-state index contributed by atoms with van der Waals surface area (Å²) in [5, 5.41) is 0. The summed E-state index contributed by atoms with van der Waals surface area (Å²) in [6, 6.07) is 0. The first-order chi connectivity index (χ1) is 9.97. The lowest BCUT2D eigenvalue weighted by Gasteiger charge is -2.17. The van der Waals surface area contributed by atoms with Gasteiger partial charge < -0.3 is 9.47 Å². The summed E-state index contributed by atoms with van der Waals surface area (Å²) < 4.78 is 9.90. The first-order valence-electron chi connectivity index (χ1n) is 7.49. The Labute approximate surface area is 126 Å². The SMILES string of the molecule is CCCC/C=C(\CC(C)=O)C(C(=O)OCC)C(=O)OCC. The Balaban J connectivity index is 5.32. The largest absolute Gasteiger partial charge is 0.465 e. The second-order valence-corrected chi connectivity index (χ2v) is 4.74. The third kappa shape index (κ3) is 7.63. The molecular weight excluding hydrogens is 272 g/mol. The highest BCUT2D eigenvalue weighted by molar-refractivity contribution is 5.99. The van der Waals surface area contributed by atoms with E-state index in [1.807, 2.05) is 6.92 Å². The number of hydrogen-bond donors (Lipinski definition) is 0. The molecule has 0 rings (SSSR count). The quantitative estimate of drug-likeness (QED) is 0.268. The maximum absolute atomic E-state index is 12.0. The molecule has 0 aromatic carbocycles. The van der Waals surface area contributed by atoms with Crippen molar-refractivity contribution < 1.29 is 23.9 Å². The molecule has 0 aliphatic heterocycles. The van der Waals surface area contributed by atoms with Gasteiger partial charge in [0.15, 0.2) is 5.92 Å². The fraction of sp³-hybridized carbons (Fsp3) is 0.688. The minimum atomic E-state index is -1.13. The predicted octanol–water partition coefficient (Wildman–Crippen LogP) is 2.82. The van der Waals surface area contributed by atoms with Gasteiger partial charge in [-0.05, 0) is 32.8 Å². The van der Waals surface area contributed by atoms with Crippen molar-refractivity contribution in [1.29, 1.82) is 0 Å². The van der Waals surface area contributed by atoms with Crippen molar-refractivity contribution in [2.45, 2.75) is 53.4 Å². The molecule has 5 heteroatoms. The Hall–Kier alpha value is -1.65. The number of carbonyl (C=O) groups is 3. The molecule has 0 unspecified atom stereocenters. The van der Waals surface area contributed by atoms with Crippen LogP contribution in [-0.2, 0) is 23.9 Å². The summed E-state index contributed by atoms with van der Waals surface area (Å²) in [5.41, 5.74) is 0.479. The number of unbranched alkanes of at least 4 members (excludes halogenated alkanes) is 2. The highest BCUT2D eigenvalue weighted by Gasteiger charge is 2.33. The van der Waals surface area contributed by atoms with Gasteiger partial charge in [0.05, 0.1) is 13.2 Å². The molecule has 0 aromatic rings. The lowest BCUT2D eigenvalue weighted by atomic mass is 9.93. The number of allylic oxidation sites excluding steroid dienone is 1. The predicted molar refractivity (Wildman–Crippen MR) is 79.7 cm³/mol. The van der Waals surface area contributed by atoms with Gasteiger partial charge in [-0.2, -0.15) is 0 Å². The summed E-state index contributed by atoms with van der Waals surface area (Å²) in [6.45, 7) is 7.18. The van der Waals surface area contributed by atoms with E-state index in [2.05, 4.69) is 0 Å². The molecular formula is C16H26O5. The van der Waals surface area contributed by atoms with Crippen molar-refractivity contribution in [1.82, 2.24) is 0 Å². The van der Waals surface area contributed by atoms with Gasteiger partial charge >= 0.3 is 11.9 Å². The number of ketones is 1. The summed E-state index contributed by atoms with van der Waals surface area (Å²) >= 11 is 0. The molecule has 0 N–H and O–H groups in total. The topological polar surface area (TPSA) is 69.7 Å². The van der Waals surface area contributed by atoms with Gasteiger partial charge in [0.25, 0.3) is 0 Å². The molecule has 0 heterocycles. The number of rotatable bonds is 10. The van der Waals surface area contributed by atoms with E-state index in [-0.39, 0.29) is 25.4 Å². The van der Waals surface area contributed by atoms with E-state index >= 15 is 0 Å². The normalized spacial score (nSPS) is 11.4. The molecule has 0 saturated heterocycles. The Morgan fingerprint density at radius 3 is 1.90 bits per heavy atom. The van der Waals surface area contributed by atoms with E-state index in [0.29, 0.717) is 12.0 Å². The van der Waals surface area contributed by atoms with Crippen molar-refractivity contribution in [3.8, 4) is 0 Å². The van der Waals surface area contributed by atoms with Crippen LogP contribution in [0.15, 0.2) is 11.6 Å². The molecule has 0 aromatic heterocycles. The van der Waals surface area contributed by atoms with E-state index < -0.39 is 17.9 Å². The average molecular weight is 298 g/mol. The summed E-state index contributed by atoms with van der Waals surface area (Å²) in [7, 11) is 0. The van der Waals surface area contributed by atoms with Gasteiger partial charge in [-0.25, -0.2) is 0 Å². The van der Waals surface area contributed by atoms with Crippen LogP contribution in [0.3, 0.4) is 0 Å². The van der Waals surface area contributed by atoms with Gasteiger partial charge in [-0.15, -0.1) is 0 Å². The Kier molecular flexibility index (Phi) is 10.2. The zero-order valence-electron chi connectivity index (χ0n) is 13.4. The highest BCUT2D eigenvalue weighted by Crippen LogP contribution is 2.21. The maximum Gasteiger partial charge on any atom is 0.324 e. The van der Waals surface area contributed by atoms with Crippen LogP contribution in [0.25, 0.3) is 0 Å². The van der Waals surface area contributed by atoms with Crippen LogP contribution in [0.2, 0.25) is 0 Å². The average Bonchev–Trinajstić information content (AvgIpc) is 2.39. The number of ether oxygens (including phenoxy) is 2. The lowest BCUT2D eigenvalue weighted by molar-refractivity contribution is -0.159. The van der Waals surface area contributed by atoms with Crippen LogP contribution in [0, 0.1) is 5.92 Å². The van der Waals surface area contributed by atoms with Crippen molar-refractivity contribution in [2.75, 3.05) is 13.2 Å². The number of esters is 2. The molecule has 120 valence electrons. The molecule has 0 radical (unpaired) electrons. The van der Waals surface area contributed by atoms with Crippen molar-refractivity contribution in [2.24, 2.45) is 5.92 Å². The van der Waals surface area contributed by atoms with Crippen LogP contribution < -0.4 is 0 Å². The third-order valence-corrected chi connectivity index (χ3v) is 2.83. The van der Waals surface area contributed by atoms with Crippen molar-refractivity contribution in [3.63, 3.8) is 0 Å². The zero-order chi connectivity index (χ0) is 16.3. The minimum absolute atomic E-state index is 0.0615. The van der Waals surface area contributed by atoms with E-state index in [0.717, 1.165) is 12.8 Å². The second-order valence-electron chi connectivity index (χ2n) is 4.74. The molecule has 0 bridgehead atoms. The van der Waals surface area contributed by atoms with Gasteiger partial charge in [0.1, 0.15) is 5.78 Å². The van der Waals surface area contributed by atoms with Crippen molar-refractivity contribution in [3.05, 3.63) is 11.6 Å². The van der Waals surface area contributed by atoms with Crippen LogP contribution in [-0.4, -0.2) is 30.9 Å². The Bertz CT molecular complexity index is 366. The van der Waals surface area contributed by atoms with Gasteiger partial charge in [-0.3, -0.25) is 14.4 Å². The van der Waals surface area contributed by atoms with Gasteiger partial charge in [-0.1, -0.05) is 25.8 Å². The number of hydrogen-bond acceptors (Lipinski definition) is 5. The molecule has 0 saturated carbocycles. The highest BCUT2D eigenvalue weighted by atomic mass is 16.6. The van der Waals surface area contributed by atoms with Crippen LogP contribution in [0.4, 0.5) is 0 Å². The van der Waals surface area contributed by atoms with Crippen LogP contribution in [0.1, 0.15) is 53.4 Å². The molecule has 21 heavy (non-hydrogen) atoms. The fourth-order valence-corrected chi connectivity index (χ4v) is 1.92. The minimum Gasteiger partial charge on any atom is -0.465 e. The summed E-state index contributed by atoms with van der Waals surface area (Å²) in [6.07, 6.45) is 4.50. The molecule has 0 aliphatic carbocycles. The van der Waals surface area contributed by atoms with E-state index in [1.165, 1.54) is 6.92 Å². The zero-order valence-corrected chi connectivity index (χ0v) is 13.4. The standard InChI is InChI=1S/C16H26O5/c1-5-8-9-10-13(11-12(4)17)14(15(18)20-6-2)16(19)21-7-3/h10,14H,5-9,11H2,1-4H3/b13-10+. The lowest BCUT2D eigenvalue weighted by Crippen LogP contribution is -2.30. The molecule has 0 fully saturated rings. The number of carbonyl (C=O) groups excluding carboxylic acids is 3. The van der Waals surface area contributed by atoms with Gasteiger partial charge in [0.2, 0.25) is 0 Å². The third-order valence-electron chi connectivity index (χ3n) is 2.83. The monoisotopic (exact) mass is 298 g/mol. The smallest absolute Gasteiger partial charge is 0.324 e. The van der Waals surface area contributed by atoms with E-state index in [4.69, 9.17) is 9.47 Å². The Morgan fingerprint density at radius 2 is 1.52 bits per heavy atom. The maximum atomic E-state index is 12.0. The molecule has 0 aliphatic rings. The second kappa shape index (κ2) is 11.1.